The largest absolute Gasteiger partial charge is 0.369 e. The van der Waals surface area contributed by atoms with Crippen LogP contribution in [-0.4, -0.2) is 20.7 Å². The molecule has 1 atom stereocenters. The first-order valence-corrected chi connectivity index (χ1v) is 9.84. The molecular formula is C18H17N3O2S2. The summed E-state index contributed by atoms with van der Waals surface area (Å²) in [6, 6.07) is 9.43. The Labute approximate surface area is 152 Å². The van der Waals surface area contributed by atoms with Gasteiger partial charge in [0, 0.05) is 4.88 Å². The Morgan fingerprint density at radius 1 is 1.32 bits per heavy atom. The standard InChI is InChI=1S/C18H17N3O2S2/c1-10(15(19)22)24-18-20-16-14(12-8-5-9-13(12)25-16)17(23)21(18)11-6-3-2-4-7-11/h2-4,6-7,10H,5,8-9H2,1H3,(H2,19,22)/t10-/m1/s1. The number of nitrogens with two attached hydrogens (primary N) is 1. The van der Waals surface area contributed by atoms with Gasteiger partial charge >= 0.3 is 0 Å². The van der Waals surface area contributed by atoms with Crippen molar-refractivity contribution in [1.29, 1.82) is 0 Å². The van der Waals surface area contributed by atoms with Crippen LogP contribution in [-0.2, 0) is 17.6 Å². The van der Waals surface area contributed by atoms with Crippen molar-refractivity contribution in [2.75, 3.05) is 0 Å². The molecule has 0 bridgehead atoms. The number of hydrogen-bond acceptors (Lipinski definition) is 5. The minimum atomic E-state index is -0.467. The maximum Gasteiger partial charge on any atom is 0.267 e. The number of carbonyl (C=O) groups excluding carboxylic acids is 1. The molecule has 2 N–H and O–H groups in total. The molecule has 1 aromatic carbocycles. The van der Waals surface area contributed by atoms with E-state index in [4.69, 9.17) is 10.7 Å². The Bertz CT molecular complexity index is 1020. The van der Waals surface area contributed by atoms with Gasteiger partial charge in [-0.2, -0.15) is 0 Å². The molecule has 25 heavy (non-hydrogen) atoms. The fraction of sp³-hybridized carbons (Fsp3) is 0.278. The summed E-state index contributed by atoms with van der Waals surface area (Å²) in [5.74, 6) is -0.423. The highest BCUT2D eigenvalue weighted by Crippen LogP contribution is 2.36. The normalized spacial score (nSPS) is 14.6. The number of aromatic nitrogens is 2. The second kappa shape index (κ2) is 6.31. The Morgan fingerprint density at radius 3 is 2.80 bits per heavy atom. The number of amides is 1. The lowest BCUT2D eigenvalue weighted by atomic mass is 10.2. The Balaban J connectivity index is 1.99. The van der Waals surface area contributed by atoms with Gasteiger partial charge in [0.05, 0.1) is 16.3 Å². The van der Waals surface area contributed by atoms with E-state index in [0.717, 1.165) is 40.7 Å². The van der Waals surface area contributed by atoms with Crippen LogP contribution in [0.3, 0.4) is 0 Å². The molecule has 2 heterocycles. The lowest BCUT2D eigenvalue weighted by molar-refractivity contribution is -0.117. The van der Waals surface area contributed by atoms with Crippen LogP contribution in [0.1, 0.15) is 23.8 Å². The second-order valence-electron chi connectivity index (χ2n) is 6.07. The van der Waals surface area contributed by atoms with Gasteiger partial charge < -0.3 is 5.73 Å². The van der Waals surface area contributed by atoms with Crippen molar-refractivity contribution in [3.63, 3.8) is 0 Å². The molecule has 0 saturated carbocycles. The van der Waals surface area contributed by atoms with Gasteiger partial charge in [0.2, 0.25) is 5.91 Å². The van der Waals surface area contributed by atoms with Gasteiger partial charge in [0.1, 0.15) is 4.83 Å². The Kier molecular flexibility index (Phi) is 4.13. The fourth-order valence-electron chi connectivity index (χ4n) is 3.12. The van der Waals surface area contributed by atoms with Crippen molar-refractivity contribution in [1.82, 2.24) is 9.55 Å². The number of thiophene rings is 1. The summed E-state index contributed by atoms with van der Waals surface area (Å²) in [4.78, 5) is 31.6. The molecule has 0 saturated heterocycles. The Morgan fingerprint density at radius 2 is 2.08 bits per heavy atom. The first kappa shape index (κ1) is 16.4. The smallest absolute Gasteiger partial charge is 0.267 e. The Hall–Kier alpha value is -2.12. The molecular weight excluding hydrogens is 354 g/mol. The van der Waals surface area contributed by atoms with E-state index in [0.29, 0.717) is 5.16 Å². The molecule has 0 spiro atoms. The van der Waals surface area contributed by atoms with Crippen LogP contribution >= 0.6 is 23.1 Å². The number of para-hydroxylation sites is 1. The van der Waals surface area contributed by atoms with Crippen LogP contribution in [0.4, 0.5) is 0 Å². The minimum Gasteiger partial charge on any atom is -0.369 e. The quantitative estimate of drug-likeness (QED) is 0.565. The van der Waals surface area contributed by atoms with E-state index < -0.39 is 11.2 Å². The molecule has 0 radical (unpaired) electrons. The van der Waals surface area contributed by atoms with E-state index in [1.165, 1.54) is 16.6 Å². The van der Waals surface area contributed by atoms with E-state index in [1.807, 2.05) is 30.3 Å². The van der Waals surface area contributed by atoms with E-state index in [9.17, 15) is 9.59 Å². The summed E-state index contributed by atoms with van der Waals surface area (Å²) < 4.78 is 1.61. The first-order valence-electron chi connectivity index (χ1n) is 8.15. The van der Waals surface area contributed by atoms with Crippen molar-refractivity contribution in [3.05, 3.63) is 51.1 Å². The average molecular weight is 371 g/mol. The summed E-state index contributed by atoms with van der Waals surface area (Å²) in [5.41, 5.74) is 7.25. The molecule has 1 aliphatic carbocycles. The molecule has 5 nitrogen and oxygen atoms in total. The fourth-order valence-corrected chi connectivity index (χ4v) is 5.30. The van der Waals surface area contributed by atoms with Crippen molar-refractivity contribution in [2.24, 2.45) is 5.73 Å². The van der Waals surface area contributed by atoms with Gasteiger partial charge in [0.15, 0.2) is 5.16 Å². The number of rotatable bonds is 4. The van der Waals surface area contributed by atoms with Gasteiger partial charge in [-0.15, -0.1) is 11.3 Å². The zero-order valence-corrected chi connectivity index (χ0v) is 15.3. The monoisotopic (exact) mass is 371 g/mol. The molecule has 128 valence electrons. The zero-order valence-electron chi connectivity index (χ0n) is 13.7. The second-order valence-corrected chi connectivity index (χ2v) is 8.46. The van der Waals surface area contributed by atoms with Gasteiger partial charge in [-0.25, -0.2) is 4.98 Å². The highest BCUT2D eigenvalue weighted by molar-refractivity contribution is 8.00. The summed E-state index contributed by atoms with van der Waals surface area (Å²) in [7, 11) is 0. The lowest BCUT2D eigenvalue weighted by Crippen LogP contribution is -2.26. The van der Waals surface area contributed by atoms with Gasteiger partial charge in [-0.3, -0.25) is 14.2 Å². The number of hydrogen-bond donors (Lipinski definition) is 1. The zero-order chi connectivity index (χ0) is 17.6. The third-order valence-corrected chi connectivity index (χ3v) is 6.66. The number of primary amides is 1. The van der Waals surface area contributed by atoms with Crippen molar-refractivity contribution in [3.8, 4) is 5.69 Å². The van der Waals surface area contributed by atoms with E-state index in [-0.39, 0.29) is 5.56 Å². The number of fused-ring (bicyclic) bond motifs is 3. The highest BCUT2D eigenvalue weighted by Gasteiger charge is 2.25. The SMILES string of the molecule is C[C@@H](Sc1nc2sc3c(c2c(=O)n1-c1ccccc1)CCC3)C(N)=O. The van der Waals surface area contributed by atoms with E-state index in [1.54, 1.807) is 22.8 Å². The molecule has 0 fully saturated rings. The molecule has 7 heteroatoms. The van der Waals surface area contributed by atoms with Crippen molar-refractivity contribution >= 4 is 39.2 Å². The minimum absolute atomic E-state index is 0.0604. The topological polar surface area (TPSA) is 78.0 Å². The number of aryl methyl sites for hydroxylation is 2. The van der Waals surface area contributed by atoms with Crippen LogP contribution in [0.15, 0.2) is 40.3 Å². The number of benzene rings is 1. The third kappa shape index (κ3) is 2.77. The predicted octanol–water partition coefficient (Wildman–Crippen LogP) is 2.90. The maximum atomic E-state index is 13.3. The van der Waals surface area contributed by atoms with Crippen LogP contribution in [0.5, 0.6) is 0 Å². The summed E-state index contributed by atoms with van der Waals surface area (Å²) in [6.45, 7) is 1.73. The van der Waals surface area contributed by atoms with Crippen molar-refractivity contribution < 1.29 is 4.79 Å². The molecule has 2 aromatic heterocycles. The molecule has 0 unspecified atom stereocenters. The number of nitrogens with zero attached hydrogens (tertiary/aromatic N) is 2. The highest BCUT2D eigenvalue weighted by atomic mass is 32.2. The van der Waals surface area contributed by atoms with Gasteiger partial charge in [0.25, 0.3) is 5.56 Å². The average Bonchev–Trinajstić information content (AvgIpc) is 3.16. The van der Waals surface area contributed by atoms with E-state index >= 15 is 0 Å². The summed E-state index contributed by atoms with van der Waals surface area (Å²) >= 11 is 2.83. The maximum absolute atomic E-state index is 13.3. The van der Waals surface area contributed by atoms with Crippen LogP contribution < -0.4 is 11.3 Å². The van der Waals surface area contributed by atoms with Crippen LogP contribution in [0.2, 0.25) is 0 Å². The molecule has 1 aliphatic rings. The number of thioether (sulfide) groups is 1. The first-order chi connectivity index (χ1) is 12.1. The van der Waals surface area contributed by atoms with E-state index in [2.05, 4.69) is 0 Å². The number of carbonyl (C=O) groups is 1. The molecule has 1 amide bonds. The predicted molar refractivity (Wildman–Crippen MR) is 102 cm³/mol. The van der Waals surface area contributed by atoms with Crippen LogP contribution in [0.25, 0.3) is 15.9 Å². The van der Waals surface area contributed by atoms with Crippen LogP contribution in [0, 0.1) is 0 Å². The van der Waals surface area contributed by atoms with Crippen molar-refractivity contribution in [2.45, 2.75) is 36.6 Å². The molecule has 3 aromatic rings. The van der Waals surface area contributed by atoms with Gasteiger partial charge in [-0.05, 0) is 43.9 Å². The third-order valence-electron chi connectivity index (χ3n) is 4.41. The lowest BCUT2D eigenvalue weighted by Gasteiger charge is -2.14. The molecule has 0 aliphatic heterocycles. The molecule has 4 rings (SSSR count). The van der Waals surface area contributed by atoms with Gasteiger partial charge in [-0.1, -0.05) is 30.0 Å². The summed E-state index contributed by atoms with van der Waals surface area (Å²) in [6.07, 6.45) is 3.05. The summed E-state index contributed by atoms with van der Waals surface area (Å²) in [5, 5.41) is 0.776.